The van der Waals surface area contributed by atoms with E-state index in [0.717, 1.165) is 17.7 Å². The summed E-state index contributed by atoms with van der Waals surface area (Å²) in [5, 5.41) is 0. The highest BCUT2D eigenvalue weighted by Crippen LogP contribution is 2.32. The number of carbonyl (C=O) groups excluding carboxylic acids is 1. The Morgan fingerprint density at radius 2 is 2.19 bits per heavy atom. The zero-order valence-corrected chi connectivity index (χ0v) is 13.7. The van der Waals surface area contributed by atoms with Crippen LogP contribution in [0.5, 0.6) is 0 Å². The summed E-state index contributed by atoms with van der Waals surface area (Å²) in [5.74, 6) is 0.666. The van der Waals surface area contributed by atoms with Crippen molar-refractivity contribution in [2.45, 2.75) is 34.1 Å². The van der Waals surface area contributed by atoms with Crippen LogP contribution in [0.4, 0.5) is 0 Å². The molecule has 0 aromatic carbocycles. The second-order valence-electron chi connectivity index (χ2n) is 5.58. The van der Waals surface area contributed by atoms with E-state index < -0.39 is 5.41 Å². The average molecular weight is 287 g/mol. The molecule has 0 unspecified atom stereocenters. The van der Waals surface area contributed by atoms with Gasteiger partial charge in [-0.3, -0.25) is 14.7 Å². The van der Waals surface area contributed by atoms with Crippen LogP contribution in [-0.2, 0) is 4.79 Å². The summed E-state index contributed by atoms with van der Waals surface area (Å²) in [5.41, 5.74) is 1.27. The SMILES string of the molecule is C=C/C=C(\CC)C(C)(C)C(=O)N(C)C1=CCN=CC(C)=N1. The van der Waals surface area contributed by atoms with Crippen molar-refractivity contribution < 1.29 is 4.79 Å². The molecule has 0 saturated carbocycles. The topological polar surface area (TPSA) is 45.0 Å². The van der Waals surface area contributed by atoms with Gasteiger partial charge in [-0.1, -0.05) is 31.2 Å². The quantitative estimate of drug-likeness (QED) is 0.715. The predicted octanol–water partition coefficient (Wildman–Crippen LogP) is 3.38. The monoisotopic (exact) mass is 287 g/mol. The van der Waals surface area contributed by atoms with E-state index in [9.17, 15) is 4.79 Å². The number of nitrogens with zero attached hydrogens (tertiary/aromatic N) is 3. The lowest BCUT2D eigenvalue weighted by molar-refractivity contribution is -0.135. The molecule has 1 rings (SSSR count). The molecule has 21 heavy (non-hydrogen) atoms. The minimum absolute atomic E-state index is 0.0159. The van der Waals surface area contributed by atoms with Gasteiger partial charge >= 0.3 is 0 Å². The molecule has 0 aromatic rings. The number of hydrogen-bond acceptors (Lipinski definition) is 3. The van der Waals surface area contributed by atoms with E-state index in [-0.39, 0.29) is 5.91 Å². The lowest BCUT2D eigenvalue weighted by atomic mass is 9.81. The Morgan fingerprint density at radius 1 is 1.52 bits per heavy atom. The zero-order chi connectivity index (χ0) is 16.0. The van der Waals surface area contributed by atoms with Crippen molar-refractivity contribution in [3.8, 4) is 0 Å². The smallest absolute Gasteiger partial charge is 0.237 e. The summed E-state index contributed by atoms with van der Waals surface area (Å²) in [7, 11) is 1.76. The van der Waals surface area contributed by atoms with Crippen LogP contribution in [0.15, 0.2) is 46.2 Å². The van der Waals surface area contributed by atoms with Gasteiger partial charge in [0.15, 0.2) is 0 Å². The maximum absolute atomic E-state index is 12.9. The van der Waals surface area contributed by atoms with Crippen LogP contribution in [-0.4, -0.2) is 36.3 Å². The largest absolute Gasteiger partial charge is 0.299 e. The van der Waals surface area contributed by atoms with E-state index in [0.29, 0.717) is 12.4 Å². The summed E-state index contributed by atoms with van der Waals surface area (Å²) in [6, 6.07) is 0. The van der Waals surface area contributed by atoms with Gasteiger partial charge in [0, 0.05) is 13.3 Å². The van der Waals surface area contributed by atoms with Gasteiger partial charge in [0.2, 0.25) is 5.91 Å². The number of aliphatic imine (C=N–C) groups is 2. The lowest BCUT2D eigenvalue weighted by Crippen LogP contribution is -2.39. The van der Waals surface area contributed by atoms with Crippen molar-refractivity contribution in [2.24, 2.45) is 15.4 Å². The highest BCUT2D eigenvalue weighted by Gasteiger charge is 2.34. The number of allylic oxidation sites excluding steroid dienone is 2. The fourth-order valence-corrected chi connectivity index (χ4v) is 2.36. The van der Waals surface area contributed by atoms with Gasteiger partial charge in [-0.2, -0.15) is 0 Å². The third-order valence-corrected chi connectivity index (χ3v) is 3.63. The number of hydrogen-bond donors (Lipinski definition) is 0. The van der Waals surface area contributed by atoms with Crippen LogP contribution in [0.2, 0.25) is 0 Å². The molecular formula is C17H25N3O. The molecule has 1 aliphatic rings. The van der Waals surface area contributed by atoms with Crippen molar-refractivity contribution in [3.05, 3.63) is 36.2 Å². The Balaban J connectivity index is 3.07. The molecule has 1 aliphatic heterocycles. The normalized spacial score (nSPS) is 16.0. The third kappa shape index (κ3) is 4.00. The summed E-state index contributed by atoms with van der Waals surface area (Å²) in [4.78, 5) is 23.1. The first-order chi connectivity index (χ1) is 9.84. The van der Waals surface area contributed by atoms with Gasteiger partial charge in [0.25, 0.3) is 0 Å². The molecule has 1 heterocycles. The third-order valence-electron chi connectivity index (χ3n) is 3.63. The predicted molar refractivity (Wildman–Crippen MR) is 89.7 cm³/mol. The highest BCUT2D eigenvalue weighted by molar-refractivity contribution is 6.29. The summed E-state index contributed by atoms with van der Waals surface area (Å²) in [6.07, 6.45) is 8.05. The first kappa shape index (κ1) is 17.1. The van der Waals surface area contributed by atoms with Gasteiger partial charge in [0.05, 0.1) is 17.7 Å². The van der Waals surface area contributed by atoms with Gasteiger partial charge in [-0.15, -0.1) is 0 Å². The van der Waals surface area contributed by atoms with Gasteiger partial charge in [-0.05, 0) is 33.3 Å². The van der Waals surface area contributed by atoms with Crippen LogP contribution < -0.4 is 0 Å². The second-order valence-corrected chi connectivity index (χ2v) is 5.58. The maximum atomic E-state index is 12.9. The van der Waals surface area contributed by atoms with Gasteiger partial charge < -0.3 is 0 Å². The molecule has 4 nitrogen and oxygen atoms in total. The highest BCUT2D eigenvalue weighted by atomic mass is 16.2. The van der Waals surface area contributed by atoms with Gasteiger partial charge in [0.1, 0.15) is 5.82 Å². The lowest BCUT2D eigenvalue weighted by Gasteiger charge is -2.31. The van der Waals surface area contributed by atoms with E-state index in [2.05, 4.69) is 16.6 Å². The molecule has 0 bridgehead atoms. The first-order valence-electron chi connectivity index (χ1n) is 7.20. The van der Waals surface area contributed by atoms with Crippen LogP contribution >= 0.6 is 0 Å². The Hall–Kier alpha value is -1.97. The fraction of sp³-hybridized carbons (Fsp3) is 0.471. The Kier molecular flexibility index (Phi) is 5.82. The van der Waals surface area contributed by atoms with Crippen molar-refractivity contribution in [1.29, 1.82) is 0 Å². The Labute approximate surface area is 127 Å². The van der Waals surface area contributed by atoms with Crippen molar-refractivity contribution >= 4 is 17.8 Å². The average Bonchev–Trinajstić information content (AvgIpc) is 2.67. The molecule has 0 fully saturated rings. The Bertz CT molecular complexity index is 536. The van der Waals surface area contributed by atoms with E-state index in [1.54, 1.807) is 24.2 Å². The molecular weight excluding hydrogens is 262 g/mol. The standard InChI is InChI=1S/C17H25N3O/c1-7-9-14(8-2)17(4,5)16(21)20(6)15-10-11-18-12-13(3)19-15/h7,9-10,12H,1,8,11H2,2-6H3/b14-9+. The molecule has 0 aromatic heterocycles. The summed E-state index contributed by atoms with van der Waals surface area (Å²) >= 11 is 0. The number of rotatable bonds is 5. The molecule has 114 valence electrons. The first-order valence-corrected chi connectivity index (χ1v) is 7.20. The van der Waals surface area contributed by atoms with Crippen molar-refractivity contribution in [2.75, 3.05) is 13.6 Å². The van der Waals surface area contributed by atoms with Crippen LogP contribution in [0.25, 0.3) is 0 Å². The number of carbonyl (C=O) groups is 1. The molecule has 4 heteroatoms. The minimum Gasteiger partial charge on any atom is -0.299 e. The Morgan fingerprint density at radius 3 is 2.76 bits per heavy atom. The fourth-order valence-electron chi connectivity index (χ4n) is 2.36. The van der Waals surface area contributed by atoms with Gasteiger partial charge in [-0.25, -0.2) is 4.99 Å². The molecule has 0 radical (unpaired) electrons. The van der Waals surface area contributed by atoms with E-state index in [1.807, 2.05) is 39.8 Å². The molecule has 0 aliphatic carbocycles. The van der Waals surface area contributed by atoms with E-state index >= 15 is 0 Å². The molecule has 0 N–H and O–H groups in total. The van der Waals surface area contributed by atoms with Crippen LogP contribution in [0, 0.1) is 5.41 Å². The summed E-state index contributed by atoms with van der Waals surface area (Å²) in [6.45, 7) is 12.1. The maximum Gasteiger partial charge on any atom is 0.237 e. The zero-order valence-electron chi connectivity index (χ0n) is 13.7. The van der Waals surface area contributed by atoms with Crippen molar-refractivity contribution in [3.63, 3.8) is 0 Å². The van der Waals surface area contributed by atoms with Crippen molar-refractivity contribution in [1.82, 2.24) is 4.90 Å². The molecule has 1 amide bonds. The van der Waals surface area contributed by atoms with Crippen LogP contribution in [0.1, 0.15) is 34.1 Å². The van der Waals surface area contributed by atoms with Crippen LogP contribution in [0.3, 0.4) is 0 Å². The molecule has 0 saturated heterocycles. The van der Waals surface area contributed by atoms with E-state index in [4.69, 9.17) is 0 Å². The molecule has 0 spiro atoms. The minimum atomic E-state index is -0.588. The summed E-state index contributed by atoms with van der Waals surface area (Å²) < 4.78 is 0. The second kappa shape index (κ2) is 7.16. The molecule has 0 atom stereocenters. The van der Waals surface area contributed by atoms with E-state index in [1.165, 1.54) is 0 Å². The number of amides is 1.